The highest BCUT2D eigenvalue weighted by atomic mass is 19.1. The topological polar surface area (TPSA) is 12.9 Å². The maximum absolute atomic E-state index is 13.8. The van der Waals surface area contributed by atoms with Crippen LogP contribution in [0.5, 0.6) is 0 Å². The second-order valence-electron chi connectivity index (χ2n) is 4.86. The van der Waals surface area contributed by atoms with Crippen molar-refractivity contribution in [3.63, 3.8) is 0 Å². The van der Waals surface area contributed by atoms with E-state index in [2.05, 4.69) is 4.98 Å². The number of benzene rings is 1. The zero-order chi connectivity index (χ0) is 11.9. The molecule has 84 valence electrons. The van der Waals surface area contributed by atoms with E-state index in [1.54, 1.807) is 6.07 Å². The first kappa shape index (κ1) is 11.0. The lowest BCUT2D eigenvalue weighted by molar-refractivity contribution is 0.581. The van der Waals surface area contributed by atoms with E-state index in [0.29, 0.717) is 0 Å². The fraction of sp³-hybridized carbons (Fsp3) is 0.308. The minimum Gasteiger partial charge on any atom is -0.253 e. The number of hydrogen-bond acceptors (Lipinski definition) is 1. The lowest BCUT2D eigenvalue weighted by Crippen LogP contribution is -2.13. The van der Waals surface area contributed by atoms with Crippen LogP contribution in [0.3, 0.4) is 0 Å². The molecule has 1 aromatic carbocycles. The van der Waals surface area contributed by atoms with Gasteiger partial charge in [0.1, 0.15) is 17.2 Å². The third kappa shape index (κ3) is 1.66. The van der Waals surface area contributed by atoms with Gasteiger partial charge in [-0.3, -0.25) is 4.98 Å². The van der Waals surface area contributed by atoms with Crippen LogP contribution in [-0.2, 0) is 5.41 Å². The Hall–Kier alpha value is -1.51. The highest BCUT2D eigenvalue weighted by molar-refractivity contribution is 5.84. The van der Waals surface area contributed by atoms with E-state index >= 15 is 0 Å². The van der Waals surface area contributed by atoms with Gasteiger partial charge < -0.3 is 0 Å². The molecule has 1 heterocycles. The van der Waals surface area contributed by atoms with Crippen LogP contribution in [-0.4, -0.2) is 4.98 Å². The lowest BCUT2D eigenvalue weighted by Gasteiger charge is -2.21. The molecule has 1 aromatic heterocycles. The van der Waals surface area contributed by atoms with Gasteiger partial charge in [-0.2, -0.15) is 0 Å². The maximum atomic E-state index is 13.8. The fourth-order valence-corrected chi connectivity index (χ4v) is 1.82. The van der Waals surface area contributed by atoms with Gasteiger partial charge in [0.2, 0.25) is 0 Å². The zero-order valence-electron chi connectivity index (χ0n) is 9.51. The first-order chi connectivity index (χ1) is 7.41. The number of rotatable bonds is 0. The summed E-state index contributed by atoms with van der Waals surface area (Å²) in [5.74, 6) is -0.906. The monoisotopic (exact) mass is 221 g/mol. The minimum atomic E-state index is -0.484. The number of aromatic nitrogens is 1. The Kier molecular flexibility index (Phi) is 2.41. The molecule has 0 fully saturated rings. The molecule has 0 radical (unpaired) electrons. The molecule has 0 atom stereocenters. The van der Waals surface area contributed by atoms with Crippen LogP contribution in [0.25, 0.3) is 10.9 Å². The van der Waals surface area contributed by atoms with Gasteiger partial charge in [-0.15, -0.1) is 0 Å². The smallest absolute Gasteiger partial charge is 0.149 e. The van der Waals surface area contributed by atoms with Crippen molar-refractivity contribution < 1.29 is 8.78 Å². The summed E-state index contributed by atoms with van der Waals surface area (Å²) < 4.78 is 27.3. The summed E-state index contributed by atoms with van der Waals surface area (Å²) in [5.41, 5.74) is 0.637. The average molecular weight is 221 g/mol. The molecule has 0 unspecified atom stereocenters. The molecule has 0 spiro atoms. The summed E-state index contributed by atoms with van der Waals surface area (Å²) in [5, 5.41) is 0.287. The van der Waals surface area contributed by atoms with Crippen LogP contribution >= 0.6 is 0 Å². The summed E-state index contributed by atoms with van der Waals surface area (Å²) in [6, 6.07) is 4.00. The van der Waals surface area contributed by atoms with Crippen molar-refractivity contribution in [2.24, 2.45) is 0 Å². The molecule has 0 saturated carbocycles. The second kappa shape index (κ2) is 3.51. The Labute approximate surface area is 93.1 Å². The van der Waals surface area contributed by atoms with Crippen LogP contribution in [0, 0.1) is 11.6 Å². The molecule has 0 bridgehead atoms. The van der Waals surface area contributed by atoms with Crippen LogP contribution in [0.1, 0.15) is 26.3 Å². The Morgan fingerprint density at radius 2 is 1.62 bits per heavy atom. The van der Waals surface area contributed by atoms with E-state index in [9.17, 15) is 8.78 Å². The van der Waals surface area contributed by atoms with Crippen molar-refractivity contribution in [3.05, 3.63) is 41.6 Å². The quantitative estimate of drug-likeness (QED) is 0.659. The molecule has 1 nitrogen and oxygen atoms in total. The van der Waals surface area contributed by atoms with E-state index in [-0.39, 0.29) is 16.3 Å². The molecule has 0 aliphatic heterocycles. The van der Waals surface area contributed by atoms with Crippen LogP contribution in [0.4, 0.5) is 8.78 Å². The number of nitrogens with zero attached hydrogens (tertiary/aromatic N) is 1. The first-order valence-electron chi connectivity index (χ1n) is 5.14. The largest absolute Gasteiger partial charge is 0.253 e. The van der Waals surface area contributed by atoms with Crippen LogP contribution < -0.4 is 0 Å². The molecule has 0 saturated heterocycles. The molecule has 0 N–H and O–H groups in total. The molecule has 16 heavy (non-hydrogen) atoms. The summed E-state index contributed by atoms with van der Waals surface area (Å²) in [4.78, 5) is 3.90. The number of pyridine rings is 1. The third-order valence-electron chi connectivity index (χ3n) is 2.60. The summed E-state index contributed by atoms with van der Waals surface area (Å²) >= 11 is 0. The van der Waals surface area contributed by atoms with E-state index in [4.69, 9.17) is 0 Å². The highest BCUT2D eigenvalue weighted by Gasteiger charge is 2.20. The standard InChI is InChI=1S/C13H13F2N/c1-13(2,3)8-6-7-16-12-10(15)5-4-9(14)11(8)12/h4-7H,1-3H3. The fourth-order valence-electron chi connectivity index (χ4n) is 1.82. The van der Waals surface area contributed by atoms with Crippen LogP contribution in [0.2, 0.25) is 0 Å². The highest BCUT2D eigenvalue weighted by Crippen LogP contribution is 2.31. The number of fused-ring (bicyclic) bond motifs is 1. The van der Waals surface area contributed by atoms with Crippen molar-refractivity contribution >= 4 is 10.9 Å². The molecule has 0 aliphatic rings. The molecule has 3 heteroatoms. The molecular formula is C13H13F2N. The molecule has 0 amide bonds. The van der Waals surface area contributed by atoms with E-state index in [1.165, 1.54) is 6.20 Å². The van der Waals surface area contributed by atoms with Gasteiger partial charge in [0.15, 0.2) is 0 Å². The summed E-state index contributed by atoms with van der Waals surface area (Å²) in [6.07, 6.45) is 1.52. The predicted molar refractivity (Wildman–Crippen MR) is 60.4 cm³/mol. The molecule has 0 aliphatic carbocycles. The van der Waals surface area contributed by atoms with E-state index in [1.807, 2.05) is 20.8 Å². The van der Waals surface area contributed by atoms with Crippen molar-refractivity contribution in [1.82, 2.24) is 4.98 Å². The Morgan fingerprint density at radius 1 is 1.00 bits per heavy atom. The predicted octanol–water partition coefficient (Wildman–Crippen LogP) is 3.81. The van der Waals surface area contributed by atoms with Crippen molar-refractivity contribution in [2.75, 3.05) is 0 Å². The number of hydrogen-bond donors (Lipinski definition) is 0. The average Bonchev–Trinajstić information content (AvgIpc) is 2.22. The Morgan fingerprint density at radius 3 is 2.25 bits per heavy atom. The normalized spacial score (nSPS) is 12.1. The Bertz CT molecular complexity index is 541. The first-order valence-corrected chi connectivity index (χ1v) is 5.14. The maximum Gasteiger partial charge on any atom is 0.149 e. The second-order valence-corrected chi connectivity index (χ2v) is 4.86. The van der Waals surface area contributed by atoms with Gasteiger partial charge in [-0.1, -0.05) is 20.8 Å². The summed E-state index contributed by atoms with van der Waals surface area (Å²) in [6.45, 7) is 5.89. The minimum absolute atomic E-state index is 0.104. The van der Waals surface area contributed by atoms with E-state index < -0.39 is 11.6 Å². The van der Waals surface area contributed by atoms with Gasteiger partial charge in [-0.05, 0) is 29.2 Å². The van der Waals surface area contributed by atoms with Gasteiger partial charge in [0, 0.05) is 11.6 Å². The molecule has 2 rings (SSSR count). The van der Waals surface area contributed by atoms with Crippen LogP contribution in [0.15, 0.2) is 24.4 Å². The molecule has 2 aromatic rings. The van der Waals surface area contributed by atoms with Crippen molar-refractivity contribution in [1.29, 1.82) is 0 Å². The van der Waals surface area contributed by atoms with Crippen molar-refractivity contribution in [3.8, 4) is 0 Å². The molecular weight excluding hydrogens is 208 g/mol. The van der Waals surface area contributed by atoms with Gasteiger partial charge in [0.05, 0.1) is 0 Å². The SMILES string of the molecule is CC(C)(C)c1ccnc2c(F)ccc(F)c12. The Balaban J connectivity index is 2.92. The van der Waals surface area contributed by atoms with Gasteiger partial charge in [0.25, 0.3) is 0 Å². The van der Waals surface area contributed by atoms with Gasteiger partial charge in [-0.25, -0.2) is 8.78 Å². The zero-order valence-corrected chi connectivity index (χ0v) is 9.51. The van der Waals surface area contributed by atoms with Gasteiger partial charge >= 0.3 is 0 Å². The van der Waals surface area contributed by atoms with E-state index in [0.717, 1.165) is 17.7 Å². The number of halogens is 2. The third-order valence-corrected chi connectivity index (χ3v) is 2.60. The summed E-state index contributed by atoms with van der Waals surface area (Å²) in [7, 11) is 0. The van der Waals surface area contributed by atoms with Crippen molar-refractivity contribution in [2.45, 2.75) is 26.2 Å². The lowest BCUT2D eigenvalue weighted by atomic mass is 9.85.